The predicted molar refractivity (Wildman–Crippen MR) is 58.2 cm³/mol. The number of rotatable bonds is 5. The Kier molecular flexibility index (Phi) is 4.13. The van der Waals surface area contributed by atoms with Gasteiger partial charge in [-0.05, 0) is 24.6 Å². The molecule has 0 heterocycles. The van der Waals surface area contributed by atoms with Gasteiger partial charge in [0.2, 0.25) is 0 Å². The number of nitrogens with two attached hydrogens (primary N) is 1. The van der Waals surface area contributed by atoms with Gasteiger partial charge in [-0.25, -0.2) is 0 Å². The molecule has 0 saturated heterocycles. The van der Waals surface area contributed by atoms with Crippen LogP contribution in [0, 0.1) is 0 Å². The van der Waals surface area contributed by atoms with Crippen LogP contribution in [0.4, 0.5) is 0 Å². The van der Waals surface area contributed by atoms with Crippen LogP contribution in [-0.4, -0.2) is 24.2 Å². The highest BCUT2D eigenvalue weighted by atomic mass is 16.5. The second kappa shape index (κ2) is 5.37. The normalized spacial score (nSPS) is 11.9. The molecule has 0 bridgehead atoms. The summed E-state index contributed by atoms with van der Waals surface area (Å²) in [6.07, 6.45) is -0.728. The van der Waals surface area contributed by atoms with Crippen molar-refractivity contribution >= 4 is 5.91 Å². The molecular weight excluding hydrogens is 210 g/mol. The van der Waals surface area contributed by atoms with Crippen LogP contribution in [0.25, 0.3) is 0 Å². The van der Waals surface area contributed by atoms with E-state index in [1.165, 1.54) is 7.11 Å². The van der Waals surface area contributed by atoms with Crippen molar-refractivity contribution in [2.75, 3.05) is 7.11 Å². The van der Waals surface area contributed by atoms with E-state index in [1.807, 2.05) is 0 Å². The van der Waals surface area contributed by atoms with Gasteiger partial charge in [0.25, 0.3) is 5.91 Å². The second-order valence-corrected chi connectivity index (χ2v) is 3.31. The molecule has 1 rings (SSSR count). The van der Waals surface area contributed by atoms with E-state index < -0.39 is 12.0 Å². The molecule has 0 aliphatic rings. The Morgan fingerprint density at radius 2 is 2.19 bits per heavy atom. The third-order valence-corrected chi connectivity index (χ3v) is 2.12. The highest BCUT2D eigenvalue weighted by Gasteiger charge is 2.13. The molecule has 1 unspecified atom stereocenters. The molecule has 0 aromatic heterocycles. The highest BCUT2D eigenvalue weighted by molar-refractivity contribution is 5.78. The van der Waals surface area contributed by atoms with E-state index in [4.69, 9.17) is 20.3 Å². The molecule has 0 aliphatic carbocycles. The Bertz CT molecular complexity index is 378. The van der Waals surface area contributed by atoms with Crippen LogP contribution in [0.3, 0.4) is 0 Å². The maximum absolute atomic E-state index is 10.8. The summed E-state index contributed by atoms with van der Waals surface area (Å²) in [5.74, 6) is 0.332. The largest absolute Gasteiger partial charge is 0.493 e. The van der Waals surface area contributed by atoms with Crippen molar-refractivity contribution in [3.63, 3.8) is 0 Å². The minimum atomic E-state index is -0.728. The predicted octanol–water partition coefficient (Wildman–Crippen LogP) is 0.440. The van der Waals surface area contributed by atoms with Crippen LogP contribution in [0.15, 0.2) is 18.2 Å². The van der Waals surface area contributed by atoms with Gasteiger partial charge in [-0.2, -0.15) is 0 Å². The number of amides is 1. The van der Waals surface area contributed by atoms with Gasteiger partial charge >= 0.3 is 0 Å². The number of aliphatic hydroxyl groups excluding tert-OH is 1. The molecule has 3 N–H and O–H groups in total. The Balaban J connectivity index is 2.91. The van der Waals surface area contributed by atoms with Crippen LogP contribution < -0.4 is 15.2 Å². The Hall–Kier alpha value is -1.75. The summed E-state index contributed by atoms with van der Waals surface area (Å²) < 4.78 is 10.4. The van der Waals surface area contributed by atoms with E-state index in [2.05, 4.69) is 0 Å². The zero-order valence-electron chi connectivity index (χ0n) is 9.27. The van der Waals surface area contributed by atoms with Crippen LogP contribution in [-0.2, 0) is 11.4 Å². The van der Waals surface area contributed by atoms with E-state index in [-0.39, 0.29) is 6.61 Å². The van der Waals surface area contributed by atoms with E-state index in [1.54, 1.807) is 25.1 Å². The summed E-state index contributed by atoms with van der Waals surface area (Å²) in [6, 6.07) is 4.96. The molecule has 16 heavy (non-hydrogen) atoms. The van der Waals surface area contributed by atoms with Gasteiger partial charge in [0, 0.05) is 0 Å². The van der Waals surface area contributed by atoms with Gasteiger partial charge in [0.15, 0.2) is 17.6 Å². The topological polar surface area (TPSA) is 81.8 Å². The first-order chi connectivity index (χ1) is 7.58. The maximum atomic E-state index is 10.8. The van der Waals surface area contributed by atoms with Crippen molar-refractivity contribution in [1.29, 1.82) is 0 Å². The Labute approximate surface area is 93.8 Å². The number of carbonyl (C=O) groups is 1. The molecular formula is C11H15NO4. The second-order valence-electron chi connectivity index (χ2n) is 3.31. The summed E-state index contributed by atoms with van der Waals surface area (Å²) in [7, 11) is 1.48. The van der Waals surface area contributed by atoms with Crippen molar-refractivity contribution in [2.24, 2.45) is 5.73 Å². The molecule has 1 atom stereocenters. The smallest absolute Gasteiger partial charge is 0.258 e. The average Bonchev–Trinajstić information content (AvgIpc) is 2.29. The summed E-state index contributed by atoms with van der Waals surface area (Å²) in [6.45, 7) is 1.48. The van der Waals surface area contributed by atoms with E-state index in [0.29, 0.717) is 17.1 Å². The third-order valence-electron chi connectivity index (χ3n) is 2.12. The zero-order valence-corrected chi connectivity index (χ0v) is 9.27. The summed E-state index contributed by atoms with van der Waals surface area (Å²) in [4.78, 5) is 10.8. The van der Waals surface area contributed by atoms with Crippen molar-refractivity contribution in [2.45, 2.75) is 19.6 Å². The molecule has 0 saturated carbocycles. The van der Waals surface area contributed by atoms with Crippen molar-refractivity contribution in [1.82, 2.24) is 0 Å². The number of aliphatic hydroxyl groups is 1. The van der Waals surface area contributed by atoms with Crippen molar-refractivity contribution in [3.05, 3.63) is 23.8 Å². The molecule has 0 spiro atoms. The minimum absolute atomic E-state index is 0.0813. The molecule has 88 valence electrons. The van der Waals surface area contributed by atoms with Gasteiger partial charge in [0.05, 0.1) is 13.7 Å². The first-order valence-electron chi connectivity index (χ1n) is 4.82. The van der Waals surface area contributed by atoms with Crippen LogP contribution >= 0.6 is 0 Å². The van der Waals surface area contributed by atoms with E-state index in [0.717, 1.165) is 0 Å². The average molecular weight is 225 g/mol. The van der Waals surface area contributed by atoms with Crippen molar-refractivity contribution < 1.29 is 19.4 Å². The molecule has 5 nitrogen and oxygen atoms in total. The lowest BCUT2D eigenvalue weighted by molar-refractivity contribution is -0.124. The molecule has 1 aromatic carbocycles. The van der Waals surface area contributed by atoms with Gasteiger partial charge in [-0.3, -0.25) is 4.79 Å². The lowest BCUT2D eigenvalue weighted by atomic mass is 10.2. The number of methoxy groups -OCH3 is 1. The maximum Gasteiger partial charge on any atom is 0.258 e. The fourth-order valence-corrected chi connectivity index (χ4v) is 1.16. The molecule has 0 aliphatic heterocycles. The van der Waals surface area contributed by atoms with Crippen LogP contribution in [0.1, 0.15) is 12.5 Å². The van der Waals surface area contributed by atoms with Gasteiger partial charge in [0.1, 0.15) is 0 Å². The number of carbonyl (C=O) groups excluding carboxylic acids is 1. The summed E-state index contributed by atoms with van der Waals surface area (Å²) >= 11 is 0. The number of hydrogen-bond acceptors (Lipinski definition) is 4. The van der Waals surface area contributed by atoms with Crippen LogP contribution in [0.5, 0.6) is 11.5 Å². The quantitative estimate of drug-likeness (QED) is 0.761. The number of ether oxygens (including phenoxy) is 2. The monoisotopic (exact) mass is 225 g/mol. The van der Waals surface area contributed by atoms with Gasteiger partial charge in [-0.1, -0.05) is 6.07 Å². The standard InChI is InChI=1S/C11H15NO4/c1-7(11(12)14)16-9-4-3-8(6-13)5-10(9)15-2/h3-5,7,13H,6H2,1-2H3,(H2,12,14). The number of benzene rings is 1. The molecule has 1 aromatic rings. The minimum Gasteiger partial charge on any atom is -0.493 e. The van der Waals surface area contributed by atoms with E-state index in [9.17, 15) is 4.79 Å². The molecule has 0 radical (unpaired) electrons. The number of hydrogen-bond donors (Lipinski definition) is 2. The Morgan fingerprint density at radius 1 is 1.50 bits per heavy atom. The molecule has 0 fully saturated rings. The van der Waals surface area contributed by atoms with Crippen molar-refractivity contribution in [3.8, 4) is 11.5 Å². The highest BCUT2D eigenvalue weighted by Crippen LogP contribution is 2.28. The summed E-state index contributed by atoms with van der Waals surface area (Å²) in [5, 5.41) is 8.95. The SMILES string of the molecule is COc1cc(CO)ccc1OC(C)C(N)=O. The van der Waals surface area contributed by atoms with Gasteiger partial charge in [-0.15, -0.1) is 0 Å². The van der Waals surface area contributed by atoms with Gasteiger partial charge < -0.3 is 20.3 Å². The molecule has 1 amide bonds. The molecule has 5 heteroatoms. The fraction of sp³-hybridized carbons (Fsp3) is 0.364. The number of primary amides is 1. The third kappa shape index (κ3) is 2.87. The lowest BCUT2D eigenvalue weighted by Crippen LogP contribution is -2.30. The first-order valence-corrected chi connectivity index (χ1v) is 4.82. The fourth-order valence-electron chi connectivity index (χ4n) is 1.16. The zero-order chi connectivity index (χ0) is 12.1. The van der Waals surface area contributed by atoms with Crippen LogP contribution in [0.2, 0.25) is 0 Å². The van der Waals surface area contributed by atoms with E-state index >= 15 is 0 Å². The first kappa shape index (κ1) is 12.3. The lowest BCUT2D eigenvalue weighted by Gasteiger charge is -2.14. The Morgan fingerprint density at radius 3 is 2.69 bits per heavy atom. The summed E-state index contributed by atoms with van der Waals surface area (Å²) in [5.41, 5.74) is 5.79.